The third-order valence-corrected chi connectivity index (χ3v) is 4.02. The van der Waals surface area contributed by atoms with Gasteiger partial charge in [-0.2, -0.15) is 0 Å². The van der Waals surface area contributed by atoms with Crippen molar-refractivity contribution in [3.05, 3.63) is 34.9 Å². The number of hydrogen-bond acceptors (Lipinski definition) is 2. The third kappa shape index (κ3) is 2.76. The second-order valence-electron chi connectivity index (χ2n) is 6.52. The number of nitrogens with zero attached hydrogens (tertiary/aromatic N) is 1. The van der Waals surface area contributed by atoms with Crippen LogP contribution >= 0.6 is 0 Å². The fourth-order valence-corrected chi connectivity index (χ4v) is 2.62. The molecule has 2 nitrogen and oxygen atoms in total. The monoisotopic (exact) mass is 246 g/mol. The molecule has 1 aliphatic rings. The number of piperazine rings is 1. The normalized spacial score (nSPS) is 22.2. The van der Waals surface area contributed by atoms with E-state index >= 15 is 0 Å². The topological polar surface area (TPSA) is 15.3 Å². The summed E-state index contributed by atoms with van der Waals surface area (Å²) in [6.07, 6.45) is 0. The Morgan fingerprint density at radius 3 is 2.61 bits per heavy atom. The van der Waals surface area contributed by atoms with Crippen LogP contribution in [0.3, 0.4) is 0 Å². The molecule has 0 saturated carbocycles. The van der Waals surface area contributed by atoms with Crippen molar-refractivity contribution < 1.29 is 0 Å². The Labute approximate surface area is 111 Å². The number of likely N-dealkylation sites (N-methyl/N-ethyl adjacent to an activating group) is 1. The first-order chi connectivity index (χ1) is 8.39. The van der Waals surface area contributed by atoms with Crippen LogP contribution in [0.5, 0.6) is 0 Å². The van der Waals surface area contributed by atoms with Gasteiger partial charge in [-0.05, 0) is 36.1 Å². The highest BCUT2D eigenvalue weighted by Crippen LogP contribution is 2.29. The molecule has 0 bridgehead atoms. The zero-order chi connectivity index (χ0) is 13.3. The molecule has 1 heterocycles. The van der Waals surface area contributed by atoms with Gasteiger partial charge in [-0.15, -0.1) is 0 Å². The van der Waals surface area contributed by atoms with E-state index in [2.05, 4.69) is 63.2 Å². The van der Waals surface area contributed by atoms with E-state index in [0.29, 0.717) is 6.04 Å². The summed E-state index contributed by atoms with van der Waals surface area (Å²) in [5.74, 6) is 0. The first kappa shape index (κ1) is 13.6. The largest absolute Gasteiger partial charge is 0.314 e. The fourth-order valence-electron chi connectivity index (χ4n) is 2.62. The van der Waals surface area contributed by atoms with Gasteiger partial charge in [-0.25, -0.2) is 0 Å². The predicted octanol–water partition coefficient (Wildman–Crippen LogP) is 2.87. The number of hydrogen-bond donors (Lipinski definition) is 1. The third-order valence-electron chi connectivity index (χ3n) is 4.02. The lowest BCUT2D eigenvalue weighted by atomic mass is 9.84. The Bertz CT molecular complexity index is 418. The molecule has 100 valence electrons. The van der Waals surface area contributed by atoms with Crippen molar-refractivity contribution in [3.63, 3.8) is 0 Å². The minimum absolute atomic E-state index is 0.225. The van der Waals surface area contributed by atoms with E-state index in [4.69, 9.17) is 0 Å². The summed E-state index contributed by atoms with van der Waals surface area (Å²) in [4.78, 5) is 2.46. The van der Waals surface area contributed by atoms with Gasteiger partial charge in [0.2, 0.25) is 0 Å². The molecule has 0 radical (unpaired) electrons. The molecule has 1 aromatic carbocycles. The second kappa shape index (κ2) is 5.02. The van der Waals surface area contributed by atoms with Crippen LogP contribution in [0.1, 0.15) is 43.5 Å². The van der Waals surface area contributed by atoms with Crippen LogP contribution in [0.15, 0.2) is 18.2 Å². The highest BCUT2D eigenvalue weighted by Gasteiger charge is 2.23. The van der Waals surface area contributed by atoms with E-state index in [9.17, 15) is 0 Å². The molecule has 1 N–H and O–H groups in total. The molecule has 1 atom stereocenters. The smallest absolute Gasteiger partial charge is 0.0472 e. The molecule has 0 spiro atoms. The molecule has 1 fully saturated rings. The molecule has 1 aromatic rings. The van der Waals surface area contributed by atoms with Gasteiger partial charge in [0.25, 0.3) is 0 Å². The minimum atomic E-state index is 0.225. The zero-order valence-electron chi connectivity index (χ0n) is 12.4. The number of benzene rings is 1. The van der Waals surface area contributed by atoms with Gasteiger partial charge in [0.05, 0.1) is 0 Å². The van der Waals surface area contributed by atoms with Gasteiger partial charge in [-0.1, -0.05) is 39.0 Å². The summed E-state index contributed by atoms with van der Waals surface area (Å²) in [7, 11) is 2.23. The quantitative estimate of drug-likeness (QED) is 0.819. The average Bonchev–Trinajstić information content (AvgIpc) is 2.29. The maximum Gasteiger partial charge on any atom is 0.0472 e. The number of aryl methyl sites for hydroxylation is 1. The maximum atomic E-state index is 3.51. The van der Waals surface area contributed by atoms with Gasteiger partial charge in [0, 0.05) is 25.7 Å². The maximum absolute atomic E-state index is 3.51. The fraction of sp³-hybridized carbons (Fsp3) is 0.625. The highest BCUT2D eigenvalue weighted by atomic mass is 15.2. The molecule has 0 aliphatic carbocycles. The van der Waals surface area contributed by atoms with Gasteiger partial charge in [0.1, 0.15) is 0 Å². The standard InChI is InChI=1S/C16H26N2/c1-12-6-7-13(16(2,3)4)10-14(12)15-11-17-8-9-18(15)5/h6-7,10,15,17H,8-9,11H2,1-5H3. The Balaban J connectivity index is 2.37. The van der Waals surface area contributed by atoms with E-state index in [1.54, 1.807) is 0 Å². The molecule has 1 unspecified atom stereocenters. The van der Waals surface area contributed by atoms with Crippen LogP contribution in [-0.2, 0) is 5.41 Å². The molecule has 2 rings (SSSR count). The summed E-state index contributed by atoms with van der Waals surface area (Å²) in [6, 6.07) is 7.47. The van der Waals surface area contributed by atoms with E-state index in [0.717, 1.165) is 19.6 Å². The summed E-state index contributed by atoms with van der Waals surface area (Å²) in [5, 5.41) is 3.51. The summed E-state index contributed by atoms with van der Waals surface area (Å²) >= 11 is 0. The Morgan fingerprint density at radius 1 is 1.28 bits per heavy atom. The summed E-state index contributed by atoms with van der Waals surface area (Å²) in [5.41, 5.74) is 4.55. The minimum Gasteiger partial charge on any atom is -0.314 e. The Morgan fingerprint density at radius 2 is 2.00 bits per heavy atom. The Hall–Kier alpha value is -0.860. The van der Waals surface area contributed by atoms with Crippen LogP contribution in [0.4, 0.5) is 0 Å². The van der Waals surface area contributed by atoms with Crippen LogP contribution in [0.2, 0.25) is 0 Å². The van der Waals surface area contributed by atoms with Crippen LogP contribution in [-0.4, -0.2) is 31.6 Å². The van der Waals surface area contributed by atoms with Crippen LogP contribution in [0.25, 0.3) is 0 Å². The van der Waals surface area contributed by atoms with E-state index < -0.39 is 0 Å². The van der Waals surface area contributed by atoms with Gasteiger partial charge < -0.3 is 5.32 Å². The van der Waals surface area contributed by atoms with Crippen molar-refractivity contribution in [2.24, 2.45) is 0 Å². The Kier molecular flexibility index (Phi) is 3.79. The lowest BCUT2D eigenvalue weighted by molar-refractivity contribution is 0.201. The first-order valence-corrected chi connectivity index (χ1v) is 6.91. The van der Waals surface area contributed by atoms with Crippen molar-refractivity contribution in [3.8, 4) is 0 Å². The summed E-state index contributed by atoms with van der Waals surface area (Å²) < 4.78 is 0. The SMILES string of the molecule is Cc1ccc(C(C)(C)C)cc1C1CNCCN1C. The lowest BCUT2D eigenvalue weighted by Gasteiger charge is -2.35. The van der Waals surface area contributed by atoms with Crippen molar-refractivity contribution in [1.82, 2.24) is 10.2 Å². The molecule has 18 heavy (non-hydrogen) atoms. The second-order valence-corrected chi connectivity index (χ2v) is 6.52. The van der Waals surface area contributed by atoms with Crippen molar-refractivity contribution in [2.45, 2.75) is 39.2 Å². The highest BCUT2D eigenvalue weighted by molar-refractivity contribution is 5.37. The van der Waals surface area contributed by atoms with Crippen molar-refractivity contribution in [1.29, 1.82) is 0 Å². The number of nitrogens with one attached hydrogen (secondary N) is 1. The number of rotatable bonds is 1. The summed E-state index contributed by atoms with van der Waals surface area (Å²) in [6.45, 7) is 12.4. The predicted molar refractivity (Wildman–Crippen MR) is 78.1 cm³/mol. The molecule has 0 amide bonds. The van der Waals surface area contributed by atoms with Gasteiger partial charge in [-0.3, -0.25) is 4.90 Å². The molecule has 2 heteroatoms. The van der Waals surface area contributed by atoms with Gasteiger partial charge in [0.15, 0.2) is 0 Å². The van der Waals surface area contributed by atoms with Crippen LogP contribution in [0, 0.1) is 6.92 Å². The molecular weight excluding hydrogens is 220 g/mol. The average molecular weight is 246 g/mol. The van der Waals surface area contributed by atoms with Gasteiger partial charge >= 0.3 is 0 Å². The van der Waals surface area contributed by atoms with E-state index in [1.807, 2.05) is 0 Å². The molecule has 0 aromatic heterocycles. The van der Waals surface area contributed by atoms with Crippen LogP contribution < -0.4 is 5.32 Å². The van der Waals surface area contributed by atoms with Crippen molar-refractivity contribution >= 4 is 0 Å². The van der Waals surface area contributed by atoms with E-state index in [1.165, 1.54) is 16.7 Å². The lowest BCUT2D eigenvalue weighted by Crippen LogP contribution is -2.44. The first-order valence-electron chi connectivity index (χ1n) is 6.91. The van der Waals surface area contributed by atoms with E-state index in [-0.39, 0.29) is 5.41 Å². The molecule has 1 saturated heterocycles. The zero-order valence-corrected chi connectivity index (χ0v) is 12.4. The molecular formula is C16H26N2. The van der Waals surface area contributed by atoms with Crippen molar-refractivity contribution in [2.75, 3.05) is 26.7 Å². The molecule has 1 aliphatic heterocycles.